The fourth-order valence-electron chi connectivity index (χ4n) is 4.37. The second-order valence-corrected chi connectivity index (χ2v) is 13.2. The van der Waals surface area contributed by atoms with E-state index in [2.05, 4.69) is 30.9 Å². The molecule has 2 aromatic heterocycles. The maximum absolute atomic E-state index is 13.2. The molecular weight excluding hydrogens is 558 g/mol. The summed E-state index contributed by atoms with van der Waals surface area (Å²) in [6.45, 7) is 13.0. The Morgan fingerprint density at radius 1 is 1.05 bits per heavy atom. The Morgan fingerprint density at radius 3 is 2.43 bits per heavy atom. The van der Waals surface area contributed by atoms with Crippen LogP contribution in [0.2, 0.25) is 0 Å². The van der Waals surface area contributed by atoms with Crippen LogP contribution < -0.4 is 20.9 Å². The molecule has 42 heavy (non-hydrogen) atoms. The zero-order valence-corrected chi connectivity index (χ0v) is 25.9. The van der Waals surface area contributed by atoms with Crippen LogP contribution in [0.15, 0.2) is 36.7 Å². The number of ether oxygens (including phenoxy) is 2. The van der Waals surface area contributed by atoms with E-state index >= 15 is 0 Å². The summed E-state index contributed by atoms with van der Waals surface area (Å²) in [6, 6.07) is 7.90. The molecule has 4 rings (SSSR count). The van der Waals surface area contributed by atoms with Gasteiger partial charge >= 0.3 is 12.2 Å². The van der Waals surface area contributed by atoms with E-state index in [9.17, 15) is 14.4 Å². The smallest absolute Gasteiger partial charge is 0.412 e. The third-order valence-electron chi connectivity index (χ3n) is 6.10. The Balaban J connectivity index is 1.50. The van der Waals surface area contributed by atoms with Gasteiger partial charge in [0.25, 0.3) is 5.91 Å². The first-order chi connectivity index (χ1) is 19.6. The fourth-order valence-corrected chi connectivity index (χ4v) is 5.31. The van der Waals surface area contributed by atoms with Crippen LogP contribution in [0, 0.1) is 5.92 Å². The molecule has 0 aliphatic carbocycles. The minimum absolute atomic E-state index is 0.0737. The molecule has 3 heterocycles. The molecule has 3 N–H and O–H groups in total. The molecule has 1 aliphatic rings. The standard InChI is InChI=1S/C29H39N7O5S/c1-28(2,3)40-26(38)30-14-18-11-12-36(16-18)21-10-8-9-19(13-21)24-33-22(23(37)32-20-15-31-35(7)17-20)25(42-24)34-27(39)41-29(4,5)6/h8-10,13,15,17-18H,11-12,14,16H2,1-7H3,(H,30,38)(H,32,37)(H,34,39)/t18-/m1/s1. The van der Waals surface area contributed by atoms with Crippen molar-refractivity contribution in [2.45, 2.75) is 59.2 Å². The van der Waals surface area contributed by atoms with Crippen molar-refractivity contribution in [1.29, 1.82) is 0 Å². The Kier molecular flexibility index (Phi) is 9.09. The Hall–Kier alpha value is -4.13. The first kappa shape index (κ1) is 30.8. The van der Waals surface area contributed by atoms with Gasteiger partial charge in [0.2, 0.25) is 0 Å². The van der Waals surface area contributed by atoms with Crippen LogP contribution in [-0.4, -0.2) is 63.7 Å². The van der Waals surface area contributed by atoms with Crippen LogP contribution in [-0.2, 0) is 16.5 Å². The van der Waals surface area contributed by atoms with Gasteiger partial charge in [-0.2, -0.15) is 5.10 Å². The van der Waals surface area contributed by atoms with Gasteiger partial charge in [0.1, 0.15) is 21.2 Å². The van der Waals surface area contributed by atoms with Crippen LogP contribution in [0.1, 0.15) is 58.5 Å². The number of hydrogen-bond acceptors (Lipinski definition) is 9. The summed E-state index contributed by atoms with van der Waals surface area (Å²) in [5.41, 5.74) is 1.14. The van der Waals surface area contributed by atoms with Crippen LogP contribution in [0.4, 0.5) is 26.0 Å². The SMILES string of the molecule is Cn1cc(NC(=O)c2nc(-c3cccc(N4CC[C@H](CNC(=O)OC(C)(C)C)C4)c3)sc2NC(=O)OC(C)(C)C)cn1. The number of aromatic nitrogens is 3. The van der Waals surface area contributed by atoms with Crippen molar-refractivity contribution in [3.63, 3.8) is 0 Å². The first-order valence-electron chi connectivity index (χ1n) is 13.8. The van der Waals surface area contributed by atoms with Gasteiger partial charge in [-0.25, -0.2) is 14.6 Å². The molecule has 1 aliphatic heterocycles. The minimum Gasteiger partial charge on any atom is -0.444 e. The number of carbonyl (C=O) groups excluding carboxylic acids is 3. The van der Waals surface area contributed by atoms with E-state index in [1.165, 1.54) is 17.5 Å². The highest BCUT2D eigenvalue weighted by Gasteiger charge is 2.27. The molecule has 13 heteroatoms. The predicted molar refractivity (Wildman–Crippen MR) is 163 cm³/mol. The number of amides is 3. The third kappa shape index (κ3) is 8.68. The molecule has 3 aromatic rings. The second kappa shape index (κ2) is 12.4. The van der Waals surface area contributed by atoms with Crippen molar-refractivity contribution in [2.75, 3.05) is 35.2 Å². The van der Waals surface area contributed by atoms with Gasteiger partial charge in [0, 0.05) is 44.1 Å². The highest BCUT2D eigenvalue weighted by molar-refractivity contribution is 7.19. The second-order valence-electron chi connectivity index (χ2n) is 12.2. The van der Waals surface area contributed by atoms with E-state index < -0.39 is 29.3 Å². The largest absolute Gasteiger partial charge is 0.444 e. The molecule has 0 bridgehead atoms. The monoisotopic (exact) mass is 597 g/mol. The van der Waals surface area contributed by atoms with Crippen molar-refractivity contribution >= 4 is 45.8 Å². The summed E-state index contributed by atoms with van der Waals surface area (Å²) < 4.78 is 12.3. The molecule has 0 saturated carbocycles. The summed E-state index contributed by atoms with van der Waals surface area (Å²) >= 11 is 1.19. The van der Waals surface area contributed by atoms with Gasteiger partial charge in [-0.15, -0.1) is 0 Å². The average Bonchev–Trinajstić information content (AvgIpc) is 3.61. The maximum Gasteiger partial charge on any atom is 0.412 e. The number of rotatable bonds is 7. The van der Waals surface area contributed by atoms with Gasteiger partial charge in [-0.1, -0.05) is 23.5 Å². The first-order valence-corrected chi connectivity index (χ1v) is 14.6. The van der Waals surface area contributed by atoms with E-state index in [0.29, 0.717) is 17.2 Å². The van der Waals surface area contributed by atoms with Crippen molar-refractivity contribution < 1.29 is 23.9 Å². The lowest BCUT2D eigenvalue weighted by atomic mass is 10.1. The van der Waals surface area contributed by atoms with E-state index in [4.69, 9.17) is 9.47 Å². The molecule has 0 radical (unpaired) electrons. The van der Waals surface area contributed by atoms with Crippen LogP contribution in [0.25, 0.3) is 10.6 Å². The highest BCUT2D eigenvalue weighted by Crippen LogP contribution is 2.35. The zero-order valence-electron chi connectivity index (χ0n) is 25.1. The minimum atomic E-state index is -0.708. The number of nitrogens with one attached hydrogen (secondary N) is 3. The van der Waals surface area contributed by atoms with Gasteiger partial charge in [-0.05, 0) is 66.0 Å². The fraction of sp³-hybridized carbons (Fsp3) is 0.483. The van der Waals surface area contributed by atoms with Crippen molar-refractivity contribution in [3.8, 4) is 10.6 Å². The quantitative estimate of drug-likeness (QED) is 0.325. The number of anilines is 3. The number of benzene rings is 1. The third-order valence-corrected chi connectivity index (χ3v) is 7.12. The Bertz CT molecular complexity index is 1440. The summed E-state index contributed by atoms with van der Waals surface area (Å²) in [5.74, 6) is -0.193. The molecule has 0 unspecified atom stereocenters. The highest BCUT2D eigenvalue weighted by atomic mass is 32.1. The summed E-state index contributed by atoms with van der Waals surface area (Å²) in [5, 5.41) is 13.3. The van der Waals surface area contributed by atoms with Crippen molar-refractivity contribution in [1.82, 2.24) is 20.1 Å². The molecule has 226 valence electrons. The predicted octanol–water partition coefficient (Wildman–Crippen LogP) is 5.49. The molecule has 1 saturated heterocycles. The van der Waals surface area contributed by atoms with E-state index in [1.54, 1.807) is 38.7 Å². The number of aryl methyl sites for hydroxylation is 1. The molecule has 1 aromatic carbocycles. The normalized spacial score (nSPS) is 15.3. The van der Waals surface area contributed by atoms with Crippen LogP contribution in [0.5, 0.6) is 0 Å². The molecule has 3 amide bonds. The van der Waals surface area contributed by atoms with Gasteiger partial charge in [0.15, 0.2) is 5.69 Å². The molecule has 1 fully saturated rings. The zero-order chi connectivity index (χ0) is 30.7. The Labute approximate surface area is 249 Å². The van der Waals surface area contributed by atoms with Gasteiger partial charge < -0.3 is 25.0 Å². The number of nitrogens with zero attached hydrogens (tertiary/aromatic N) is 4. The maximum atomic E-state index is 13.2. The van der Waals surface area contributed by atoms with Gasteiger partial charge in [0.05, 0.1) is 11.9 Å². The Morgan fingerprint density at radius 2 is 1.76 bits per heavy atom. The van der Waals surface area contributed by atoms with E-state index in [0.717, 1.165) is 30.8 Å². The number of thiazole rings is 1. The average molecular weight is 598 g/mol. The topological polar surface area (TPSA) is 140 Å². The summed E-state index contributed by atoms with van der Waals surface area (Å²) in [6.07, 6.45) is 3.04. The molecule has 1 atom stereocenters. The van der Waals surface area contributed by atoms with E-state index in [1.807, 2.05) is 45.0 Å². The van der Waals surface area contributed by atoms with E-state index in [-0.39, 0.29) is 16.6 Å². The lowest BCUT2D eigenvalue weighted by molar-refractivity contribution is 0.0519. The number of alkyl carbamates (subject to hydrolysis) is 1. The van der Waals surface area contributed by atoms with Crippen molar-refractivity contribution in [3.05, 3.63) is 42.4 Å². The molecular formula is C29H39N7O5S. The van der Waals surface area contributed by atoms with Crippen molar-refractivity contribution in [2.24, 2.45) is 13.0 Å². The van der Waals surface area contributed by atoms with Gasteiger partial charge in [-0.3, -0.25) is 14.8 Å². The van der Waals surface area contributed by atoms with Crippen LogP contribution in [0.3, 0.4) is 0 Å². The summed E-state index contributed by atoms with van der Waals surface area (Å²) in [7, 11) is 1.75. The van der Waals surface area contributed by atoms with Crippen LogP contribution >= 0.6 is 11.3 Å². The molecule has 12 nitrogen and oxygen atoms in total. The molecule has 0 spiro atoms. The number of hydrogen-bond donors (Lipinski definition) is 3. The lowest BCUT2D eigenvalue weighted by Gasteiger charge is -2.21. The number of carbonyl (C=O) groups is 3. The summed E-state index contributed by atoms with van der Waals surface area (Å²) in [4.78, 5) is 44.7. The lowest BCUT2D eigenvalue weighted by Crippen LogP contribution is -2.36.